The summed E-state index contributed by atoms with van der Waals surface area (Å²) in [6.07, 6.45) is -3.94. The number of aliphatic hydroxyl groups is 3. The van der Waals surface area contributed by atoms with Gasteiger partial charge in [0.2, 0.25) is 0 Å². The van der Waals surface area contributed by atoms with E-state index in [1.54, 1.807) is 13.8 Å². The van der Waals surface area contributed by atoms with E-state index in [2.05, 4.69) is 35.5 Å². The molecule has 5 nitrogen and oxygen atoms in total. The molecule has 0 bridgehead atoms. The van der Waals surface area contributed by atoms with Crippen LogP contribution < -0.4 is 0 Å². The van der Waals surface area contributed by atoms with Gasteiger partial charge in [0.1, 0.15) is 18.3 Å². The first-order chi connectivity index (χ1) is 10.1. The Kier molecular flexibility index (Phi) is 7.87. The molecular weight excluding hydrogens is 272 g/mol. The van der Waals surface area contributed by atoms with E-state index in [0.29, 0.717) is 19.4 Å². The second kappa shape index (κ2) is 9.42. The Labute approximate surface area is 125 Å². The molecule has 0 radical (unpaired) electrons. The zero-order valence-corrected chi connectivity index (χ0v) is 12.2. The van der Waals surface area contributed by atoms with Gasteiger partial charge in [0.25, 0.3) is 0 Å². The van der Waals surface area contributed by atoms with Crippen molar-refractivity contribution in [3.63, 3.8) is 0 Å². The summed E-state index contributed by atoms with van der Waals surface area (Å²) in [5.41, 5.74) is 0. The minimum absolute atomic E-state index is 0.328. The first kappa shape index (κ1) is 17.5. The van der Waals surface area contributed by atoms with Crippen LogP contribution in [0.3, 0.4) is 0 Å². The summed E-state index contributed by atoms with van der Waals surface area (Å²) in [5.74, 6) is 15.9. The predicted molar refractivity (Wildman–Crippen MR) is 76.5 cm³/mol. The Morgan fingerprint density at radius 1 is 1.00 bits per heavy atom. The summed E-state index contributed by atoms with van der Waals surface area (Å²) >= 11 is 0. The zero-order valence-electron chi connectivity index (χ0n) is 12.2. The molecule has 1 saturated heterocycles. The highest BCUT2D eigenvalue weighted by atomic mass is 16.7. The summed E-state index contributed by atoms with van der Waals surface area (Å²) in [4.78, 5) is 0. The van der Waals surface area contributed by atoms with Crippen molar-refractivity contribution in [1.82, 2.24) is 0 Å². The van der Waals surface area contributed by atoms with E-state index < -0.39 is 30.7 Å². The van der Waals surface area contributed by atoms with E-state index in [1.807, 2.05) is 0 Å². The van der Waals surface area contributed by atoms with Crippen molar-refractivity contribution in [1.29, 1.82) is 0 Å². The molecule has 1 fully saturated rings. The maximum atomic E-state index is 9.73. The molecule has 1 heterocycles. The van der Waals surface area contributed by atoms with Crippen LogP contribution in [0, 0.1) is 35.5 Å². The van der Waals surface area contributed by atoms with E-state index in [1.165, 1.54) is 0 Å². The molecule has 1 aliphatic heterocycles. The van der Waals surface area contributed by atoms with Crippen molar-refractivity contribution in [2.45, 2.75) is 57.4 Å². The van der Waals surface area contributed by atoms with Crippen LogP contribution >= 0.6 is 0 Å². The van der Waals surface area contributed by atoms with Gasteiger partial charge in [-0.15, -0.1) is 0 Å². The maximum Gasteiger partial charge on any atom is 0.186 e. The van der Waals surface area contributed by atoms with Crippen molar-refractivity contribution in [2.75, 3.05) is 6.61 Å². The highest BCUT2D eigenvalue weighted by Crippen LogP contribution is 2.21. The van der Waals surface area contributed by atoms with E-state index in [0.717, 1.165) is 0 Å². The minimum Gasteiger partial charge on any atom is -0.388 e. The Morgan fingerprint density at radius 3 is 2.43 bits per heavy atom. The van der Waals surface area contributed by atoms with Crippen LogP contribution in [0.5, 0.6) is 0 Å². The second-order valence-electron chi connectivity index (χ2n) is 4.58. The van der Waals surface area contributed by atoms with Gasteiger partial charge < -0.3 is 24.8 Å². The highest BCUT2D eigenvalue weighted by molar-refractivity contribution is 5.35. The van der Waals surface area contributed by atoms with Gasteiger partial charge in [0.15, 0.2) is 6.29 Å². The molecule has 0 aromatic carbocycles. The number of unbranched alkanes of at least 4 members (excludes halogenated alkanes) is 1. The van der Waals surface area contributed by atoms with Crippen molar-refractivity contribution < 1.29 is 24.8 Å². The minimum atomic E-state index is -1.27. The molecule has 114 valence electrons. The van der Waals surface area contributed by atoms with E-state index in [4.69, 9.17) is 9.47 Å². The predicted octanol–water partition coefficient (Wildman–Crippen LogP) is -0.359. The first-order valence-corrected chi connectivity index (χ1v) is 6.78. The van der Waals surface area contributed by atoms with Gasteiger partial charge in [0.05, 0.1) is 12.7 Å². The lowest BCUT2D eigenvalue weighted by Gasteiger charge is -2.38. The number of hydrogen-bond donors (Lipinski definition) is 3. The third-order valence-electron chi connectivity index (χ3n) is 2.94. The lowest BCUT2D eigenvalue weighted by atomic mass is 10.0. The largest absolute Gasteiger partial charge is 0.388 e. The fraction of sp³-hybridized carbons (Fsp3) is 0.625. The van der Waals surface area contributed by atoms with Crippen molar-refractivity contribution in [3.8, 4) is 35.5 Å². The van der Waals surface area contributed by atoms with Crippen LogP contribution in [0.1, 0.15) is 26.7 Å². The summed E-state index contributed by atoms with van der Waals surface area (Å²) in [7, 11) is 0. The molecule has 0 saturated carbocycles. The SMILES string of the molecule is CC#CC#CC#CCCCOC1OC(C)C(O)C(O)C1O. The molecule has 0 aromatic rings. The third-order valence-corrected chi connectivity index (χ3v) is 2.94. The van der Waals surface area contributed by atoms with Gasteiger partial charge in [-0.3, -0.25) is 0 Å². The van der Waals surface area contributed by atoms with Crippen molar-refractivity contribution in [3.05, 3.63) is 0 Å². The van der Waals surface area contributed by atoms with Crippen molar-refractivity contribution in [2.24, 2.45) is 0 Å². The van der Waals surface area contributed by atoms with E-state index in [-0.39, 0.29) is 0 Å². The average Bonchev–Trinajstić information content (AvgIpc) is 2.48. The molecule has 5 atom stereocenters. The number of hydrogen-bond acceptors (Lipinski definition) is 5. The molecule has 5 unspecified atom stereocenters. The van der Waals surface area contributed by atoms with E-state index in [9.17, 15) is 15.3 Å². The van der Waals surface area contributed by atoms with Crippen LogP contribution in [-0.2, 0) is 9.47 Å². The fourth-order valence-electron chi connectivity index (χ4n) is 1.74. The van der Waals surface area contributed by atoms with Crippen LogP contribution in [0.2, 0.25) is 0 Å². The Hall–Kier alpha value is -1.52. The Bertz CT molecular complexity index is 496. The van der Waals surface area contributed by atoms with Crippen LogP contribution in [-0.4, -0.2) is 52.6 Å². The fourth-order valence-corrected chi connectivity index (χ4v) is 1.74. The molecule has 5 heteroatoms. The summed E-state index contributed by atoms with van der Waals surface area (Å²) in [5, 5.41) is 28.9. The molecule has 1 aliphatic rings. The average molecular weight is 292 g/mol. The highest BCUT2D eigenvalue weighted by Gasteiger charge is 2.42. The van der Waals surface area contributed by atoms with Crippen molar-refractivity contribution >= 4 is 0 Å². The first-order valence-electron chi connectivity index (χ1n) is 6.78. The topological polar surface area (TPSA) is 79.2 Å². The summed E-state index contributed by atoms with van der Waals surface area (Å²) < 4.78 is 10.7. The molecular formula is C16H20O5. The molecule has 0 amide bonds. The number of rotatable bonds is 4. The van der Waals surface area contributed by atoms with Gasteiger partial charge in [0, 0.05) is 6.42 Å². The zero-order chi connectivity index (χ0) is 15.7. The van der Waals surface area contributed by atoms with Gasteiger partial charge in [-0.1, -0.05) is 11.8 Å². The summed E-state index contributed by atoms with van der Waals surface area (Å²) in [6, 6.07) is 0. The summed E-state index contributed by atoms with van der Waals surface area (Å²) in [6.45, 7) is 3.64. The standard InChI is InChI=1S/C16H20O5/c1-3-4-5-6-7-8-9-10-11-20-16-15(19)14(18)13(17)12(2)21-16/h12-19H,9-11H2,1-2H3. The van der Waals surface area contributed by atoms with Gasteiger partial charge >= 0.3 is 0 Å². The molecule has 0 aliphatic carbocycles. The van der Waals surface area contributed by atoms with Crippen LogP contribution in [0.4, 0.5) is 0 Å². The molecule has 21 heavy (non-hydrogen) atoms. The van der Waals surface area contributed by atoms with Gasteiger partial charge in [-0.25, -0.2) is 0 Å². The number of aliphatic hydroxyl groups excluding tert-OH is 3. The lowest BCUT2D eigenvalue weighted by Crippen LogP contribution is -2.57. The molecule has 0 spiro atoms. The lowest BCUT2D eigenvalue weighted by molar-refractivity contribution is -0.293. The van der Waals surface area contributed by atoms with Crippen LogP contribution in [0.15, 0.2) is 0 Å². The Morgan fingerprint density at radius 2 is 1.71 bits per heavy atom. The Balaban J connectivity index is 2.26. The third kappa shape index (κ3) is 5.78. The maximum absolute atomic E-state index is 9.73. The normalized spacial score (nSPS) is 31.0. The monoisotopic (exact) mass is 292 g/mol. The number of ether oxygens (including phenoxy) is 2. The second-order valence-corrected chi connectivity index (χ2v) is 4.58. The van der Waals surface area contributed by atoms with Gasteiger partial charge in [-0.2, -0.15) is 0 Å². The molecule has 0 aromatic heterocycles. The quantitative estimate of drug-likeness (QED) is 0.487. The van der Waals surface area contributed by atoms with Crippen LogP contribution in [0.25, 0.3) is 0 Å². The smallest absolute Gasteiger partial charge is 0.186 e. The van der Waals surface area contributed by atoms with E-state index >= 15 is 0 Å². The molecule has 3 N–H and O–H groups in total. The molecule has 1 rings (SSSR count). The van der Waals surface area contributed by atoms with Gasteiger partial charge in [-0.05, 0) is 44.0 Å².